The molecule has 1 aromatic heterocycles. The number of nitrogens with two attached hydrogens (primary N) is 1. The van der Waals surface area contributed by atoms with Gasteiger partial charge in [0.05, 0.1) is 0 Å². The van der Waals surface area contributed by atoms with Gasteiger partial charge in [-0.1, -0.05) is 17.7 Å². The summed E-state index contributed by atoms with van der Waals surface area (Å²) in [5.74, 6) is -2.17. The third kappa shape index (κ3) is 3.08. The van der Waals surface area contributed by atoms with E-state index in [1.54, 1.807) is 25.1 Å². The molecule has 20 heavy (non-hydrogen) atoms. The van der Waals surface area contributed by atoms with Gasteiger partial charge in [-0.2, -0.15) is 28.1 Å². The molecule has 0 aliphatic heterocycles. The molecule has 0 saturated heterocycles. The van der Waals surface area contributed by atoms with Crippen molar-refractivity contribution in [2.45, 2.75) is 13.1 Å². The van der Waals surface area contributed by atoms with Gasteiger partial charge in [-0.15, -0.1) is 0 Å². The zero-order valence-electron chi connectivity index (χ0n) is 10.2. The molecule has 3 N–H and O–H groups in total. The molecular formula is C11H9ClF3N5. The molecule has 0 aliphatic rings. The van der Waals surface area contributed by atoms with Gasteiger partial charge in [0.1, 0.15) is 0 Å². The highest BCUT2D eigenvalue weighted by Crippen LogP contribution is 2.29. The SMILES string of the molecule is Cc1c(Cl)cccc1Nc1nc(N)nc(C(F)(F)F)n1. The first-order valence-electron chi connectivity index (χ1n) is 5.38. The molecule has 0 atom stereocenters. The fourth-order valence-electron chi connectivity index (χ4n) is 1.44. The molecule has 0 amide bonds. The maximum absolute atomic E-state index is 12.6. The monoisotopic (exact) mass is 303 g/mol. The quantitative estimate of drug-likeness (QED) is 0.891. The summed E-state index contributed by atoms with van der Waals surface area (Å²) in [7, 11) is 0. The first-order valence-corrected chi connectivity index (χ1v) is 5.76. The molecule has 9 heteroatoms. The van der Waals surface area contributed by atoms with E-state index in [2.05, 4.69) is 20.3 Å². The number of rotatable bonds is 2. The Bertz CT molecular complexity index is 644. The normalized spacial score (nSPS) is 11.4. The Kier molecular flexibility index (Phi) is 3.67. The van der Waals surface area contributed by atoms with Gasteiger partial charge >= 0.3 is 6.18 Å². The highest BCUT2D eigenvalue weighted by molar-refractivity contribution is 6.31. The summed E-state index contributed by atoms with van der Waals surface area (Å²) >= 11 is 5.92. The Balaban J connectivity index is 2.39. The average molecular weight is 304 g/mol. The van der Waals surface area contributed by atoms with E-state index in [-0.39, 0.29) is 5.95 Å². The number of hydrogen-bond acceptors (Lipinski definition) is 5. The number of hydrogen-bond donors (Lipinski definition) is 2. The summed E-state index contributed by atoms with van der Waals surface area (Å²) < 4.78 is 37.7. The first kappa shape index (κ1) is 14.3. The molecule has 1 aromatic carbocycles. The van der Waals surface area contributed by atoms with E-state index < -0.39 is 17.9 Å². The second-order valence-corrected chi connectivity index (χ2v) is 4.28. The minimum atomic E-state index is -4.70. The van der Waals surface area contributed by atoms with Gasteiger partial charge in [0.15, 0.2) is 0 Å². The van der Waals surface area contributed by atoms with Crippen LogP contribution in [0.5, 0.6) is 0 Å². The molecule has 5 nitrogen and oxygen atoms in total. The molecule has 0 saturated carbocycles. The van der Waals surface area contributed by atoms with Crippen molar-refractivity contribution in [1.82, 2.24) is 15.0 Å². The number of halogens is 4. The van der Waals surface area contributed by atoms with Crippen LogP contribution in [0.25, 0.3) is 0 Å². The van der Waals surface area contributed by atoms with Crippen LogP contribution in [0, 0.1) is 6.92 Å². The van der Waals surface area contributed by atoms with E-state index in [0.29, 0.717) is 16.3 Å². The number of nitrogen functional groups attached to an aromatic ring is 1. The molecule has 0 aliphatic carbocycles. The zero-order chi connectivity index (χ0) is 14.9. The Morgan fingerprint density at radius 1 is 1.20 bits per heavy atom. The molecule has 0 radical (unpaired) electrons. The lowest BCUT2D eigenvalue weighted by atomic mass is 10.2. The Morgan fingerprint density at radius 3 is 2.55 bits per heavy atom. The highest BCUT2D eigenvalue weighted by Gasteiger charge is 2.35. The number of anilines is 3. The van der Waals surface area contributed by atoms with Crippen LogP contribution in [0.4, 0.5) is 30.8 Å². The van der Waals surface area contributed by atoms with E-state index >= 15 is 0 Å². The minimum absolute atomic E-state index is 0.296. The Hall–Kier alpha value is -2.09. The van der Waals surface area contributed by atoms with Crippen LogP contribution in [-0.2, 0) is 6.18 Å². The van der Waals surface area contributed by atoms with Crippen molar-refractivity contribution in [3.63, 3.8) is 0 Å². The summed E-state index contributed by atoms with van der Waals surface area (Å²) in [5.41, 5.74) is 6.39. The van der Waals surface area contributed by atoms with Gasteiger partial charge in [0.25, 0.3) is 0 Å². The van der Waals surface area contributed by atoms with E-state index in [1.807, 2.05) is 0 Å². The summed E-state index contributed by atoms with van der Waals surface area (Å²) in [4.78, 5) is 9.96. The third-order valence-electron chi connectivity index (χ3n) is 2.42. The van der Waals surface area contributed by atoms with Crippen molar-refractivity contribution < 1.29 is 13.2 Å². The lowest BCUT2D eigenvalue weighted by Crippen LogP contribution is -2.15. The highest BCUT2D eigenvalue weighted by atomic mass is 35.5. The van der Waals surface area contributed by atoms with E-state index in [4.69, 9.17) is 17.3 Å². The second-order valence-electron chi connectivity index (χ2n) is 3.88. The number of nitrogens with zero attached hydrogens (tertiary/aromatic N) is 3. The zero-order valence-corrected chi connectivity index (χ0v) is 10.9. The molecule has 106 valence electrons. The van der Waals surface area contributed by atoms with Crippen LogP contribution in [0.15, 0.2) is 18.2 Å². The van der Waals surface area contributed by atoms with Crippen LogP contribution in [0.1, 0.15) is 11.4 Å². The van der Waals surface area contributed by atoms with Crippen molar-refractivity contribution in [2.24, 2.45) is 0 Å². The third-order valence-corrected chi connectivity index (χ3v) is 2.83. The molecule has 0 spiro atoms. The maximum Gasteiger partial charge on any atom is 0.451 e. The molecular weight excluding hydrogens is 295 g/mol. The number of benzene rings is 1. The lowest BCUT2D eigenvalue weighted by molar-refractivity contribution is -0.144. The van der Waals surface area contributed by atoms with Crippen molar-refractivity contribution in [2.75, 3.05) is 11.1 Å². The van der Waals surface area contributed by atoms with Crippen molar-refractivity contribution in [3.05, 3.63) is 34.6 Å². The molecule has 1 heterocycles. The maximum atomic E-state index is 12.6. The first-order chi connectivity index (χ1) is 9.27. The van der Waals surface area contributed by atoms with Crippen LogP contribution in [-0.4, -0.2) is 15.0 Å². The predicted molar refractivity (Wildman–Crippen MR) is 68.7 cm³/mol. The second kappa shape index (κ2) is 5.12. The largest absolute Gasteiger partial charge is 0.451 e. The van der Waals surface area contributed by atoms with Crippen LogP contribution >= 0.6 is 11.6 Å². The van der Waals surface area contributed by atoms with Gasteiger partial charge < -0.3 is 11.1 Å². The Labute approximate surface area is 117 Å². The van der Waals surface area contributed by atoms with E-state index in [9.17, 15) is 13.2 Å². The topological polar surface area (TPSA) is 76.7 Å². The van der Waals surface area contributed by atoms with Gasteiger partial charge in [-0.3, -0.25) is 0 Å². The predicted octanol–water partition coefficient (Wildman–Crippen LogP) is 3.18. The Morgan fingerprint density at radius 2 is 1.90 bits per heavy atom. The van der Waals surface area contributed by atoms with Crippen LogP contribution < -0.4 is 11.1 Å². The van der Waals surface area contributed by atoms with Crippen LogP contribution in [0.2, 0.25) is 5.02 Å². The number of alkyl halides is 3. The van der Waals surface area contributed by atoms with Gasteiger partial charge in [-0.05, 0) is 24.6 Å². The average Bonchev–Trinajstić information content (AvgIpc) is 2.33. The number of aromatic nitrogens is 3. The molecule has 0 bridgehead atoms. The van der Waals surface area contributed by atoms with Gasteiger partial charge in [0.2, 0.25) is 17.7 Å². The van der Waals surface area contributed by atoms with Crippen LogP contribution in [0.3, 0.4) is 0 Å². The molecule has 2 rings (SSSR count). The fourth-order valence-corrected chi connectivity index (χ4v) is 1.61. The van der Waals surface area contributed by atoms with Gasteiger partial charge in [0, 0.05) is 10.7 Å². The van der Waals surface area contributed by atoms with Crippen molar-refractivity contribution in [1.29, 1.82) is 0 Å². The molecule has 0 fully saturated rings. The summed E-state index contributed by atoms with van der Waals surface area (Å²) in [6.07, 6.45) is -4.70. The summed E-state index contributed by atoms with van der Waals surface area (Å²) in [6, 6.07) is 4.94. The minimum Gasteiger partial charge on any atom is -0.368 e. The lowest BCUT2D eigenvalue weighted by Gasteiger charge is -2.11. The summed E-state index contributed by atoms with van der Waals surface area (Å²) in [6.45, 7) is 1.71. The summed E-state index contributed by atoms with van der Waals surface area (Å²) in [5, 5.41) is 3.11. The molecule has 0 unspecified atom stereocenters. The van der Waals surface area contributed by atoms with Crippen molar-refractivity contribution in [3.8, 4) is 0 Å². The van der Waals surface area contributed by atoms with E-state index in [1.165, 1.54) is 0 Å². The molecule has 2 aromatic rings. The van der Waals surface area contributed by atoms with E-state index in [0.717, 1.165) is 0 Å². The smallest absolute Gasteiger partial charge is 0.368 e. The van der Waals surface area contributed by atoms with Gasteiger partial charge in [-0.25, -0.2) is 0 Å². The van der Waals surface area contributed by atoms with Crippen molar-refractivity contribution >= 4 is 29.2 Å². The number of nitrogens with one attached hydrogen (secondary N) is 1. The standard InChI is InChI=1S/C11H9ClF3N5/c1-5-6(12)3-2-4-7(5)17-10-19-8(11(13,14)15)18-9(16)20-10/h2-4H,1H3,(H3,16,17,18,19,20). The fraction of sp³-hybridized carbons (Fsp3) is 0.182.